The van der Waals surface area contributed by atoms with E-state index in [9.17, 15) is 4.79 Å². The molecule has 0 bridgehead atoms. The summed E-state index contributed by atoms with van der Waals surface area (Å²) < 4.78 is 1.96. The monoisotopic (exact) mass is 382 g/mol. The van der Waals surface area contributed by atoms with Crippen molar-refractivity contribution in [2.24, 2.45) is 0 Å². The highest BCUT2D eigenvalue weighted by atomic mass is 32.1. The van der Waals surface area contributed by atoms with Crippen LogP contribution in [0.1, 0.15) is 10.4 Å². The van der Waals surface area contributed by atoms with E-state index in [-0.39, 0.29) is 12.5 Å². The van der Waals surface area contributed by atoms with Gasteiger partial charge < -0.3 is 9.47 Å². The van der Waals surface area contributed by atoms with Crippen LogP contribution in [0.4, 0.5) is 0 Å². The average Bonchev–Trinajstić information content (AvgIpc) is 3.36. The standard InChI is InChI=1S/C19H18N4OS2/c1-13-7-8-26-17(13)9-22(2)18(24)10-23-16-6-4-3-5-14(16)21-19(23)15-11-25-12-20-15/h3-8,11-12H,9-10H2,1-2H3. The molecule has 0 spiro atoms. The number of hydrogen-bond donors (Lipinski definition) is 0. The van der Waals surface area contributed by atoms with Crippen molar-refractivity contribution in [1.82, 2.24) is 19.4 Å². The minimum Gasteiger partial charge on any atom is -0.339 e. The fraction of sp³-hybridized carbons (Fsp3) is 0.211. The minimum absolute atomic E-state index is 0.0532. The molecule has 0 saturated heterocycles. The van der Waals surface area contributed by atoms with E-state index in [0.29, 0.717) is 6.54 Å². The molecule has 26 heavy (non-hydrogen) atoms. The summed E-state index contributed by atoms with van der Waals surface area (Å²) in [5.74, 6) is 0.791. The average molecular weight is 383 g/mol. The molecule has 0 aliphatic heterocycles. The molecule has 3 aromatic heterocycles. The van der Waals surface area contributed by atoms with Gasteiger partial charge in [0.05, 0.1) is 23.1 Å². The van der Waals surface area contributed by atoms with Gasteiger partial charge in [-0.05, 0) is 36.1 Å². The van der Waals surface area contributed by atoms with E-state index in [4.69, 9.17) is 4.98 Å². The molecule has 1 aromatic carbocycles. The lowest BCUT2D eigenvalue weighted by Gasteiger charge is -2.18. The molecule has 0 unspecified atom stereocenters. The number of hydrogen-bond acceptors (Lipinski definition) is 5. The maximum Gasteiger partial charge on any atom is 0.242 e. The summed E-state index contributed by atoms with van der Waals surface area (Å²) >= 11 is 3.21. The summed E-state index contributed by atoms with van der Waals surface area (Å²) in [4.78, 5) is 24.9. The van der Waals surface area contributed by atoms with Crippen molar-refractivity contribution in [2.45, 2.75) is 20.0 Å². The van der Waals surface area contributed by atoms with E-state index in [2.05, 4.69) is 23.4 Å². The van der Waals surface area contributed by atoms with Gasteiger partial charge in [-0.1, -0.05) is 12.1 Å². The molecule has 7 heteroatoms. The zero-order valence-corrected chi connectivity index (χ0v) is 16.2. The Bertz CT molecular complexity index is 1050. The normalized spacial score (nSPS) is 11.2. The Morgan fingerprint density at radius 3 is 2.85 bits per heavy atom. The van der Waals surface area contributed by atoms with Crippen LogP contribution in [0.2, 0.25) is 0 Å². The summed E-state index contributed by atoms with van der Waals surface area (Å²) in [7, 11) is 1.85. The van der Waals surface area contributed by atoms with Gasteiger partial charge in [0.1, 0.15) is 12.2 Å². The van der Waals surface area contributed by atoms with Gasteiger partial charge in [-0.15, -0.1) is 22.7 Å². The van der Waals surface area contributed by atoms with E-state index >= 15 is 0 Å². The molecule has 0 radical (unpaired) electrons. The van der Waals surface area contributed by atoms with E-state index in [1.807, 2.05) is 41.3 Å². The second-order valence-electron chi connectivity index (χ2n) is 6.16. The van der Waals surface area contributed by atoms with Gasteiger partial charge in [-0.25, -0.2) is 9.97 Å². The molecule has 4 rings (SSSR count). The van der Waals surface area contributed by atoms with Crippen LogP contribution in [0.25, 0.3) is 22.6 Å². The molecule has 0 atom stereocenters. The maximum atomic E-state index is 12.9. The lowest BCUT2D eigenvalue weighted by molar-refractivity contribution is -0.130. The Hall–Kier alpha value is -2.51. The first-order valence-electron chi connectivity index (χ1n) is 8.24. The van der Waals surface area contributed by atoms with Crippen molar-refractivity contribution in [3.63, 3.8) is 0 Å². The number of carbonyl (C=O) groups excluding carboxylic acids is 1. The van der Waals surface area contributed by atoms with Crippen LogP contribution in [0.3, 0.4) is 0 Å². The Morgan fingerprint density at radius 1 is 1.27 bits per heavy atom. The first kappa shape index (κ1) is 16.9. The summed E-state index contributed by atoms with van der Waals surface area (Å²) in [5, 5.41) is 4.02. The molecule has 3 heterocycles. The zero-order chi connectivity index (χ0) is 18.1. The maximum absolute atomic E-state index is 12.9. The van der Waals surface area contributed by atoms with Crippen LogP contribution in [0.5, 0.6) is 0 Å². The van der Waals surface area contributed by atoms with E-state index in [0.717, 1.165) is 22.6 Å². The third-order valence-corrected chi connectivity index (χ3v) is 5.98. The molecule has 1 amide bonds. The van der Waals surface area contributed by atoms with Gasteiger partial charge in [0.2, 0.25) is 5.91 Å². The molecule has 0 saturated carbocycles. The number of thiazole rings is 1. The van der Waals surface area contributed by atoms with Gasteiger partial charge in [0.15, 0.2) is 5.82 Å². The van der Waals surface area contributed by atoms with Crippen molar-refractivity contribution in [3.05, 3.63) is 57.0 Å². The topological polar surface area (TPSA) is 51.0 Å². The van der Waals surface area contributed by atoms with E-state index in [1.54, 1.807) is 21.7 Å². The summed E-state index contributed by atoms with van der Waals surface area (Å²) in [5.41, 5.74) is 5.64. The van der Waals surface area contributed by atoms with Crippen molar-refractivity contribution >= 4 is 39.6 Å². The number of thiophene rings is 1. The van der Waals surface area contributed by atoms with Gasteiger partial charge in [-0.3, -0.25) is 4.79 Å². The first-order valence-corrected chi connectivity index (χ1v) is 10.1. The van der Waals surface area contributed by atoms with E-state index < -0.39 is 0 Å². The van der Waals surface area contributed by atoms with E-state index in [1.165, 1.54) is 21.8 Å². The van der Waals surface area contributed by atoms with Crippen LogP contribution in [-0.2, 0) is 17.9 Å². The number of rotatable bonds is 5. The molecule has 0 fully saturated rings. The second-order valence-corrected chi connectivity index (χ2v) is 7.88. The van der Waals surface area contributed by atoms with Crippen LogP contribution >= 0.6 is 22.7 Å². The highest BCUT2D eigenvalue weighted by Gasteiger charge is 2.18. The van der Waals surface area contributed by atoms with Gasteiger partial charge in [0, 0.05) is 17.3 Å². The Morgan fingerprint density at radius 2 is 2.12 bits per heavy atom. The Kier molecular flexibility index (Phi) is 4.57. The number of aromatic nitrogens is 3. The van der Waals surface area contributed by atoms with Gasteiger partial charge >= 0.3 is 0 Å². The second kappa shape index (κ2) is 7.01. The highest BCUT2D eigenvalue weighted by molar-refractivity contribution is 7.10. The predicted molar refractivity (Wildman–Crippen MR) is 106 cm³/mol. The fourth-order valence-corrected chi connectivity index (χ4v) is 4.37. The number of imidazole rings is 1. The van der Waals surface area contributed by atoms with Crippen LogP contribution in [-0.4, -0.2) is 32.4 Å². The van der Waals surface area contributed by atoms with Crippen LogP contribution < -0.4 is 0 Å². The highest BCUT2D eigenvalue weighted by Crippen LogP contribution is 2.25. The smallest absolute Gasteiger partial charge is 0.242 e. The van der Waals surface area contributed by atoms with Crippen molar-refractivity contribution in [1.29, 1.82) is 0 Å². The van der Waals surface area contributed by atoms with Crippen molar-refractivity contribution < 1.29 is 4.79 Å². The van der Waals surface area contributed by atoms with Crippen LogP contribution in [0.15, 0.2) is 46.6 Å². The number of para-hydroxylation sites is 2. The lowest BCUT2D eigenvalue weighted by atomic mass is 10.3. The molecule has 132 valence electrons. The SMILES string of the molecule is Cc1ccsc1CN(C)C(=O)Cn1c(-c2cscn2)nc2ccccc21. The third-order valence-electron chi connectivity index (χ3n) is 4.38. The number of carbonyl (C=O) groups is 1. The van der Waals surface area contributed by atoms with Crippen molar-refractivity contribution in [2.75, 3.05) is 7.05 Å². The largest absolute Gasteiger partial charge is 0.339 e. The summed E-state index contributed by atoms with van der Waals surface area (Å²) in [6, 6.07) is 9.97. The lowest BCUT2D eigenvalue weighted by Crippen LogP contribution is -2.29. The molecule has 5 nitrogen and oxygen atoms in total. The molecular formula is C19H18N4OS2. The Balaban J connectivity index is 1.65. The number of nitrogens with zero attached hydrogens (tertiary/aromatic N) is 4. The van der Waals surface area contributed by atoms with Gasteiger partial charge in [0.25, 0.3) is 0 Å². The third kappa shape index (κ3) is 3.15. The quantitative estimate of drug-likeness (QED) is 0.520. The molecular weight excluding hydrogens is 364 g/mol. The number of amides is 1. The fourth-order valence-electron chi connectivity index (χ4n) is 2.88. The number of aryl methyl sites for hydroxylation is 1. The number of benzene rings is 1. The number of likely N-dealkylation sites (N-methyl/N-ethyl adjacent to an activating group) is 1. The zero-order valence-electron chi connectivity index (χ0n) is 14.5. The molecule has 4 aromatic rings. The molecule has 0 aliphatic rings. The minimum atomic E-state index is 0.0532. The summed E-state index contributed by atoms with van der Waals surface area (Å²) in [6.45, 7) is 2.95. The van der Waals surface area contributed by atoms with Crippen molar-refractivity contribution in [3.8, 4) is 11.5 Å². The molecule has 0 aliphatic carbocycles. The molecule has 0 N–H and O–H groups in total. The Labute approximate surface area is 159 Å². The first-order chi connectivity index (χ1) is 12.6. The van der Waals surface area contributed by atoms with Crippen LogP contribution in [0, 0.1) is 6.92 Å². The van der Waals surface area contributed by atoms with Gasteiger partial charge in [-0.2, -0.15) is 0 Å². The summed E-state index contributed by atoms with van der Waals surface area (Å²) in [6.07, 6.45) is 0. The predicted octanol–water partition coefficient (Wildman–Crippen LogP) is 4.19. The number of fused-ring (bicyclic) bond motifs is 1.